The molecule has 0 spiro atoms. The van der Waals surface area contributed by atoms with Crippen LogP contribution in [0, 0.1) is 0 Å². The van der Waals surface area contributed by atoms with Crippen molar-refractivity contribution in [3.8, 4) is 5.75 Å². The van der Waals surface area contributed by atoms with E-state index >= 15 is 0 Å². The molecule has 1 aromatic heterocycles. The van der Waals surface area contributed by atoms with Crippen LogP contribution in [0.1, 0.15) is 5.69 Å². The van der Waals surface area contributed by atoms with E-state index in [9.17, 15) is 9.59 Å². The van der Waals surface area contributed by atoms with Crippen molar-refractivity contribution in [2.45, 2.75) is 10.8 Å². The molecule has 3 rings (SSSR count). The van der Waals surface area contributed by atoms with Crippen LogP contribution in [0.3, 0.4) is 0 Å². The van der Waals surface area contributed by atoms with E-state index in [-0.39, 0.29) is 24.0 Å². The van der Waals surface area contributed by atoms with Crippen molar-refractivity contribution in [3.05, 3.63) is 64.6 Å². The first-order valence-corrected chi connectivity index (χ1v) is 10.8. The Morgan fingerprint density at radius 1 is 1.10 bits per heavy atom. The monoisotopic (exact) mass is 447 g/mol. The molecule has 2 amide bonds. The normalized spacial score (nSPS) is 10.4. The molecule has 0 unspecified atom stereocenters. The number of ether oxygens (including phenoxy) is 1. The maximum atomic E-state index is 12.1. The number of thioether (sulfide) groups is 1. The van der Waals surface area contributed by atoms with Gasteiger partial charge in [0, 0.05) is 27.8 Å². The Hall–Kier alpha value is -2.55. The van der Waals surface area contributed by atoms with Crippen LogP contribution >= 0.6 is 34.7 Å². The fourth-order valence-corrected chi connectivity index (χ4v) is 4.13. The lowest BCUT2D eigenvalue weighted by Gasteiger charge is -2.06. The van der Waals surface area contributed by atoms with Crippen LogP contribution in [-0.4, -0.2) is 29.7 Å². The summed E-state index contributed by atoms with van der Waals surface area (Å²) in [5, 5.41) is 8.05. The predicted octanol–water partition coefficient (Wildman–Crippen LogP) is 4.72. The molecule has 3 aromatic rings. The molecule has 0 saturated carbocycles. The van der Waals surface area contributed by atoms with Crippen molar-refractivity contribution in [2.24, 2.45) is 0 Å². The molecule has 2 N–H and O–H groups in total. The van der Waals surface area contributed by atoms with Crippen LogP contribution in [0.5, 0.6) is 5.75 Å². The summed E-state index contributed by atoms with van der Waals surface area (Å²) in [7, 11) is 1.58. The Labute approximate surface area is 181 Å². The smallest absolute Gasteiger partial charge is 0.234 e. The first-order chi connectivity index (χ1) is 14.0. The van der Waals surface area contributed by atoms with Gasteiger partial charge >= 0.3 is 0 Å². The van der Waals surface area contributed by atoms with Crippen LogP contribution in [0.2, 0.25) is 5.02 Å². The van der Waals surface area contributed by atoms with Crippen molar-refractivity contribution in [1.82, 2.24) is 4.98 Å². The average Bonchev–Trinajstić information content (AvgIpc) is 3.15. The van der Waals surface area contributed by atoms with Crippen LogP contribution in [0.15, 0.2) is 58.3 Å². The zero-order valence-corrected chi connectivity index (χ0v) is 17.9. The van der Waals surface area contributed by atoms with Crippen LogP contribution < -0.4 is 15.4 Å². The SMILES string of the molecule is COc1cccc(NC(=O)CSc2nc(CC(=O)Nc3ccc(Cl)cc3)cs2)c1. The summed E-state index contributed by atoms with van der Waals surface area (Å²) in [6.45, 7) is 0. The first kappa shape index (κ1) is 21.2. The molecular weight excluding hydrogens is 430 g/mol. The Morgan fingerprint density at radius 2 is 1.86 bits per heavy atom. The first-order valence-electron chi connectivity index (χ1n) is 8.58. The predicted molar refractivity (Wildman–Crippen MR) is 118 cm³/mol. The molecule has 29 heavy (non-hydrogen) atoms. The van der Waals surface area contributed by atoms with Gasteiger partial charge in [-0.25, -0.2) is 4.98 Å². The zero-order valence-electron chi connectivity index (χ0n) is 15.5. The summed E-state index contributed by atoms with van der Waals surface area (Å²) in [5.41, 5.74) is 2.02. The highest BCUT2D eigenvalue weighted by atomic mass is 35.5. The lowest BCUT2D eigenvalue weighted by molar-refractivity contribution is -0.116. The summed E-state index contributed by atoms with van der Waals surface area (Å²) in [5.74, 6) is 0.600. The van der Waals surface area contributed by atoms with Crippen LogP contribution in [-0.2, 0) is 16.0 Å². The number of amides is 2. The second kappa shape index (κ2) is 10.3. The van der Waals surface area contributed by atoms with Crippen LogP contribution in [0.25, 0.3) is 0 Å². The number of nitrogens with zero attached hydrogens (tertiary/aromatic N) is 1. The number of hydrogen-bond acceptors (Lipinski definition) is 6. The molecule has 150 valence electrons. The molecule has 0 bridgehead atoms. The summed E-state index contributed by atoms with van der Waals surface area (Å²) < 4.78 is 5.88. The van der Waals surface area contributed by atoms with E-state index in [0.717, 1.165) is 4.34 Å². The van der Waals surface area contributed by atoms with Gasteiger partial charge in [0.25, 0.3) is 0 Å². The number of hydrogen-bond donors (Lipinski definition) is 2. The second-order valence-corrected chi connectivity index (χ2v) is 8.42. The molecule has 2 aromatic carbocycles. The van der Waals surface area contributed by atoms with Crippen LogP contribution in [0.4, 0.5) is 11.4 Å². The second-order valence-electron chi connectivity index (χ2n) is 5.91. The molecule has 0 atom stereocenters. The maximum Gasteiger partial charge on any atom is 0.234 e. The molecule has 9 heteroatoms. The number of carbonyl (C=O) groups excluding carboxylic acids is 2. The van der Waals surface area contributed by atoms with Gasteiger partial charge in [0.1, 0.15) is 5.75 Å². The van der Waals surface area contributed by atoms with E-state index in [2.05, 4.69) is 15.6 Å². The van der Waals surface area contributed by atoms with Crippen molar-refractivity contribution in [1.29, 1.82) is 0 Å². The quantitative estimate of drug-likeness (QED) is 0.488. The van der Waals surface area contributed by atoms with Gasteiger partial charge in [-0.3, -0.25) is 9.59 Å². The zero-order chi connectivity index (χ0) is 20.6. The lowest BCUT2D eigenvalue weighted by Crippen LogP contribution is -2.14. The van der Waals surface area contributed by atoms with Gasteiger partial charge in [-0.15, -0.1) is 11.3 Å². The third-order valence-electron chi connectivity index (χ3n) is 3.68. The van der Waals surface area contributed by atoms with Crippen molar-refractivity contribution >= 4 is 57.9 Å². The fourth-order valence-electron chi connectivity index (χ4n) is 2.36. The minimum absolute atomic E-state index is 0.138. The van der Waals surface area contributed by atoms with Gasteiger partial charge in [-0.1, -0.05) is 29.4 Å². The highest BCUT2D eigenvalue weighted by Gasteiger charge is 2.11. The number of thiazole rings is 1. The van der Waals surface area contributed by atoms with Gasteiger partial charge < -0.3 is 15.4 Å². The van der Waals surface area contributed by atoms with E-state index in [1.54, 1.807) is 43.5 Å². The summed E-state index contributed by atoms with van der Waals surface area (Å²) >= 11 is 8.57. The average molecular weight is 448 g/mol. The number of nitrogens with one attached hydrogen (secondary N) is 2. The summed E-state index contributed by atoms with van der Waals surface area (Å²) in [6.07, 6.45) is 0.162. The standard InChI is InChI=1S/C20H18ClN3O3S2/c1-27-17-4-2-3-15(9-17)23-19(26)12-29-20-24-16(11-28-20)10-18(25)22-14-7-5-13(21)6-8-14/h2-9,11H,10,12H2,1H3,(H,22,25)(H,23,26). The van der Waals surface area contributed by atoms with Crippen molar-refractivity contribution in [3.63, 3.8) is 0 Å². The molecule has 0 aliphatic carbocycles. The number of benzene rings is 2. The number of rotatable bonds is 8. The number of anilines is 2. The van der Waals surface area contributed by atoms with Gasteiger partial charge in [0.15, 0.2) is 4.34 Å². The number of halogens is 1. The molecule has 0 fully saturated rings. The molecule has 0 aliphatic heterocycles. The minimum Gasteiger partial charge on any atom is -0.497 e. The number of methoxy groups -OCH3 is 1. The largest absolute Gasteiger partial charge is 0.497 e. The van der Waals surface area contributed by atoms with Gasteiger partial charge in [0.2, 0.25) is 11.8 Å². The molecule has 0 saturated heterocycles. The number of carbonyl (C=O) groups is 2. The molecule has 1 heterocycles. The van der Waals surface area contributed by atoms with E-state index in [4.69, 9.17) is 16.3 Å². The third kappa shape index (κ3) is 6.77. The van der Waals surface area contributed by atoms with Gasteiger partial charge in [-0.05, 0) is 36.4 Å². The Balaban J connectivity index is 1.46. The minimum atomic E-state index is -0.162. The summed E-state index contributed by atoms with van der Waals surface area (Å²) in [6, 6.07) is 14.1. The van der Waals surface area contributed by atoms with E-state index in [0.29, 0.717) is 27.8 Å². The summed E-state index contributed by atoms with van der Waals surface area (Å²) in [4.78, 5) is 28.7. The molecule has 6 nitrogen and oxygen atoms in total. The lowest BCUT2D eigenvalue weighted by atomic mass is 10.3. The highest BCUT2D eigenvalue weighted by Crippen LogP contribution is 2.24. The topological polar surface area (TPSA) is 80.3 Å². The fraction of sp³-hybridized carbons (Fsp3) is 0.150. The molecular formula is C20H18ClN3O3S2. The van der Waals surface area contributed by atoms with Gasteiger partial charge in [-0.2, -0.15) is 0 Å². The highest BCUT2D eigenvalue weighted by molar-refractivity contribution is 8.01. The van der Waals surface area contributed by atoms with Crippen molar-refractivity contribution in [2.75, 3.05) is 23.5 Å². The van der Waals surface area contributed by atoms with Crippen molar-refractivity contribution < 1.29 is 14.3 Å². The number of aromatic nitrogens is 1. The molecule has 0 aliphatic rings. The maximum absolute atomic E-state index is 12.1. The Bertz CT molecular complexity index is 993. The van der Waals surface area contributed by atoms with E-state index < -0.39 is 0 Å². The van der Waals surface area contributed by atoms with Gasteiger partial charge in [0.05, 0.1) is 25.0 Å². The Kier molecular flexibility index (Phi) is 7.51. The Morgan fingerprint density at radius 3 is 2.62 bits per heavy atom. The molecule has 0 radical (unpaired) electrons. The third-order valence-corrected chi connectivity index (χ3v) is 6.00. The van der Waals surface area contributed by atoms with E-state index in [1.165, 1.54) is 23.1 Å². The van der Waals surface area contributed by atoms with E-state index in [1.807, 2.05) is 17.5 Å².